The maximum absolute atomic E-state index is 7.22. The van der Waals surface area contributed by atoms with Crippen LogP contribution in [0.2, 0.25) is 0 Å². The number of hydrogen-bond acceptors (Lipinski definition) is 3. The largest absolute Gasteiger partial charge is 0.454 e. The summed E-state index contributed by atoms with van der Waals surface area (Å²) in [5.41, 5.74) is 24.4. The van der Waals surface area contributed by atoms with Gasteiger partial charge in [-0.1, -0.05) is 176 Å². The average molecular weight is 947 g/mol. The Kier molecular flexibility index (Phi) is 10.1. The molecule has 366 valence electrons. The molecule has 3 heterocycles. The zero-order chi connectivity index (χ0) is 50.8. The molecule has 0 fully saturated rings. The third kappa shape index (κ3) is 7.11. The lowest BCUT2D eigenvalue weighted by Gasteiger charge is -2.50. The highest BCUT2D eigenvalue weighted by molar-refractivity contribution is 7.00. The second kappa shape index (κ2) is 15.5. The van der Waals surface area contributed by atoms with Crippen LogP contribution in [0.15, 0.2) is 132 Å². The van der Waals surface area contributed by atoms with Gasteiger partial charge in [-0.15, -0.1) is 0 Å². The third-order valence-electron chi connectivity index (χ3n) is 18.2. The minimum absolute atomic E-state index is 0.00997. The first-order valence-electron chi connectivity index (χ1n) is 27.1. The van der Waals surface area contributed by atoms with Crippen LogP contribution in [0.3, 0.4) is 0 Å². The fraction of sp³-hybridized carbons (Fsp3) is 0.382. The summed E-state index contributed by atoms with van der Waals surface area (Å²) in [6, 6.07) is 49.6. The molecule has 1 atom stereocenters. The summed E-state index contributed by atoms with van der Waals surface area (Å²) in [7, 11) is 0. The predicted molar refractivity (Wildman–Crippen MR) is 310 cm³/mol. The Morgan fingerprint density at radius 2 is 1.24 bits per heavy atom. The molecule has 0 saturated heterocycles. The van der Waals surface area contributed by atoms with Crippen LogP contribution in [0.4, 0.5) is 34.1 Å². The summed E-state index contributed by atoms with van der Waals surface area (Å²) in [6.45, 7) is 36.5. The summed E-state index contributed by atoms with van der Waals surface area (Å²) in [5, 5.41) is 2.29. The number of benzene rings is 7. The van der Waals surface area contributed by atoms with Crippen LogP contribution in [-0.4, -0.2) is 6.71 Å². The molecular formula is C68H75BN2O. The number of nitrogens with zero attached hydrogens (tertiary/aromatic N) is 2. The lowest BCUT2D eigenvalue weighted by atomic mass is 9.33. The summed E-state index contributed by atoms with van der Waals surface area (Å²) in [4.78, 5) is 5.32. The van der Waals surface area contributed by atoms with Crippen molar-refractivity contribution in [1.29, 1.82) is 0 Å². The zero-order valence-corrected chi connectivity index (χ0v) is 45.9. The van der Waals surface area contributed by atoms with Crippen molar-refractivity contribution in [3.8, 4) is 11.1 Å². The van der Waals surface area contributed by atoms with Crippen LogP contribution in [-0.2, 0) is 27.1 Å². The van der Waals surface area contributed by atoms with Crippen molar-refractivity contribution >= 4 is 79.2 Å². The number of hydrogen-bond donors (Lipinski definition) is 0. The molecule has 4 aliphatic rings. The van der Waals surface area contributed by atoms with E-state index in [1.165, 1.54) is 96.5 Å². The van der Waals surface area contributed by atoms with Crippen molar-refractivity contribution < 1.29 is 4.42 Å². The first kappa shape index (κ1) is 47.0. The van der Waals surface area contributed by atoms with Crippen molar-refractivity contribution in [2.45, 2.75) is 157 Å². The number of para-hydroxylation sites is 1. The number of fused-ring (bicyclic) bond motifs is 10. The molecule has 0 N–H and O–H groups in total. The normalized spacial score (nSPS) is 19.2. The highest BCUT2D eigenvalue weighted by atomic mass is 16.3. The minimum Gasteiger partial charge on any atom is -0.454 e. The molecule has 72 heavy (non-hydrogen) atoms. The second-order valence-electron chi connectivity index (χ2n) is 27.4. The van der Waals surface area contributed by atoms with E-state index >= 15 is 0 Å². The van der Waals surface area contributed by atoms with E-state index < -0.39 is 0 Å². The van der Waals surface area contributed by atoms with Crippen LogP contribution in [0.25, 0.3) is 33.1 Å². The summed E-state index contributed by atoms with van der Waals surface area (Å²) >= 11 is 0. The number of anilines is 6. The Hall–Kier alpha value is -6.00. The van der Waals surface area contributed by atoms with Crippen molar-refractivity contribution in [2.75, 3.05) is 9.80 Å². The first-order valence-corrected chi connectivity index (χ1v) is 27.1. The van der Waals surface area contributed by atoms with Crippen LogP contribution >= 0.6 is 0 Å². The smallest absolute Gasteiger partial charge is 0.252 e. The third-order valence-corrected chi connectivity index (χ3v) is 18.2. The van der Waals surface area contributed by atoms with Gasteiger partial charge in [0, 0.05) is 39.1 Å². The van der Waals surface area contributed by atoms with Crippen LogP contribution in [0.1, 0.15) is 156 Å². The molecule has 1 aromatic heterocycles. The van der Waals surface area contributed by atoms with E-state index in [9.17, 15) is 0 Å². The molecule has 0 bridgehead atoms. The standard InChI is InChI=1S/C68H75BN2O/c1-41-33-57-60-58(34-41)71(55-30-25-43(64(5,6)7)35-48(55)42-21-17-16-18-22-42)61-53(29-27-47-46-23-19-20-24-59(46)72-62(47)61)69(60)54-37-50-51(66(10,11)32-31-65(50,8)9)38-56(54)70(57)45-26-28-49-52(36-45)68(14,15)44(39-63(2,3)4)40-67(49,12)13/h16-30,33-38,44H,31-32,39-40H2,1-15H3. The highest BCUT2D eigenvalue weighted by Crippen LogP contribution is 2.56. The van der Waals surface area contributed by atoms with Gasteiger partial charge in [0.15, 0.2) is 5.58 Å². The molecule has 4 heteroatoms. The van der Waals surface area contributed by atoms with E-state index in [-0.39, 0.29) is 39.2 Å². The number of aryl methyl sites for hydroxylation is 1. The Morgan fingerprint density at radius 3 is 1.93 bits per heavy atom. The quantitative estimate of drug-likeness (QED) is 0.164. The van der Waals surface area contributed by atoms with Gasteiger partial charge < -0.3 is 14.2 Å². The van der Waals surface area contributed by atoms with Crippen LogP contribution in [0, 0.1) is 18.3 Å². The van der Waals surface area contributed by atoms with Crippen molar-refractivity contribution in [3.63, 3.8) is 0 Å². The van der Waals surface area contributed by atoms with Gasteiger partial charge in [-0.25, -0.2) is 0 Å². The van der Waals surface area contributed by atoms with Crippen molar-refractivity contribution in [3.05, 3.63) is 161 Å². The minimum atomic E-state index is -0.0463. The second-order valence-corrected chi connectivity index (χ2v) is 27.4. The Balaban J connectivity index is 1.21. The predicted octanol–water partition coefficient (Wildman–Crippen LogP) is 17.3. The van der Waals surface area contributed by atoms with Crippen LogP contribution < -0.4 is 26.2 Å². The van der Waals surface area contributed by atoms with Gasteiger partial charge in [0.1, 0.15) is 5.58 Å². The molecule has 3 nitrogen and oxygen atoms in total. The average Bonchev–Trinajstić information content (AvgIpc) is 3.70. The Labute approximate surface area is 431 Å². The molecule has 0 radical (unpaired) electrons. The van der Waals surface area contributed by atoms with Gasteiger partial charge in [-0.05, 0) is 175 Å². The van der Waals surface area contributed by atoms with Gasteiger partial charge >= 0.3 is 0 Å². The fourth-order valence-corrected chi connectivity index (χ4v) is 14.1. The lowest BCUT2D eigenvalue weighted by Crippen LogP contribution is -2.62. The van der Waals surface area contributed by atoms with E-state index in [0.717, 1.165) is 46.2 Å². The van der Waals surface area contributed by atoms with E-state index in [4.69, 9.17) is 4.42 Å². The SMILES string of the molecule is Cc1cc2c3c(c1)N(c1ccc(C(C)(C)C)cc1-c1ccccc1)c1c(ccc4c1oc1ccccc14)B3c1cc3c(cc1N2c1ccc2c(c1)C(C)(C)C(CC(C)(C)C)CC2(C)C)C(C)(C)CCC3(C)C. The highest BCUT2D eigenvalue weighted by Gasteiger charge is 2.49. The summed E-state index contributed by atoms with van der Waals surface area (Å²) < 4.78 is 7.22. The summed E-state index contributed by atoms with van der Waals surface area (Å²) in [6.07, 6.45) is 4.70. The summed E-state index contributed by atoms with van der Waals surface area (Å²) in [5.74, 6) is 0.554. The van der Waals surface area contributed by atoms with Gasteiger partial charge in [-0.3, -0.25) is 0 Å². The molecule has 0 amide bonds. The van der Waals surface area contributed by atoms with E-state index in [1.54, 1.807) is 0 Å². The number of rotatable bonds is 4. The van der Waals surface area contributed by atoms with E-state index in [2.05, 4.69) is 241 Å². The Morgan fingerprint density at radius 1 is 0.569 bits per heavy atom. The van der Waals surface area contributed by atoms with Gasteiger partial charge in [0.25, 0.3) is 6.71 Å². The van der Waals surface area contributed by atoms with Gasteiger partial charge in [-0.2, -0.15) is 0 Å². The molecule has 7 aromatic carbocycles. The molecule has 2 aliphatic heterocycles. The zero-order valence-electron chi connectivity index (χ0n) is 45.9. The van der Waals surface area contributed by atoms with Crippen molar-refractivity contribution in [2.24, 2.45) is 11.3 Å². The molecule has 2 aliphatic carbocycles. The fourth-order valence-electron chi connectivity index (χ4n) is 14.1. The molecule has 0 saturated carbocycles. The molecule has 12 rings (SSSR count). The maximum atomic E-state index is 7.22. The van der Waals surface area contributed by atoms with Gasteiger partial charge in [0.2, 0.25) is 0 Å². The van der Waals surface area contributed by atoms with Crippen molar-refractivity contribution in [1.82, 2.24) is 0 Å². The van der Waals surface area contributed by atoms with Gasteiger partial charge in [0.05, 0.1) is 11.4 Å². The lowest BCUT2D eigenvalue weighted by molar-refractivity contribution is 0.152. The van der Waals surface area contributed by atoms with E-state index in [0.29, 0.717) is 5.92 Å². The van der Waals surface area contributed by atoms with E-state index in [1.807, 2.05) is 0 Å². The first-order chi connectivity index (χ1) is 33.8. The maximum Gasteiger partial charge on any atom is 0.252 e. The van der Waals surface area contributed by atoms with Crippen LogP contribution in [0.5, 0.6) is 0 Å². The monoisotopic (exact) mass is 947 g/mol. The molecule has 8 aromatic rings. The molecular weight excluding hydrogens is 872 g/mol. The number of furan rings is 1. The topological polar surface area (TPSA) is 19.6 Å². The molecule has 1 unspecified atom stereocenters. The Bertz CT molecular complexity index is 3530. The molecule has 0 spiro atoms.